The molecule has 0 bridgehead atoms. The Morgan fingerprint density at radius 3 is 2.27 bits per heavy atom. The van der Waals surface area contributed by atoms with Crippen LogP contribution in [0.5, 0.6) is 0 Å². The van der Waals surface area contributed by atoms with Crippen LogP contribution in [0.2, 0.25) is 0 Å². The minimum Gasteiger partial charge on any atom is -0.466 e. The van der Waals surface area contributed by atoms with Crippen molar-refractivity contribution in [3.63, 3.8) is 0 Å². The molecular formula is C31H25N5O4. The third kappa shape index (κ3) is 4.70. The van der Waals surface area contributed by atoms with Crippen molar-refractivity contribution in [2.24, 2.45) is 5.73 Å². The lowest BCUT2D eigenvalue weighted by atomic mass is 9.81. The maximum absolute atomic E-state index is 13.2. The number of nitrogens with zero attached hydrogens (tertiary/aromatic N) is 3. The van der Waals surface area contributed by atoms with Crippen molar-refractivity contribution in [1.82, 2.24) is 9.97 Å². The van der Waals surface area contributed by atoms with Crippen LogP contribution in [0, 0.1) is 11.3 Å². The normalized spacial score (nSPS) is 15.4. The number of hydrogen-bond donors (Lipinski definition) is 2. The topological polar surface area (TPSA) is 134 Å². The Kier molecular flexibility index (Phi) is 7.16. The van der Waals surface area contributed by atoms with Gasteiger partial charge in [-0.25, -0.2) is 14.6 Å². The Balaban J connectivity index is 1.58. The number of nitrogens with one attached hydrogen (secondary N) is 1. The zero-order chi connectivity index (χ0) is 28.2. The monoisotopic (exact) mass is 531 g/mol. The number of nitriles is 1. The number of rotatable bonds is 6. The number of carbonyl (C=O) groups is 2. The van der Waals surface area contributed by atoms with E-state index in [1.807, 2.05) is 54.6 Å². The third-order valence-electron chi connectivity index (χ3n) is 6.60. The van der Waals surface area contributed by atoms with E-state index in [1.54, 1.807) is 36.4 Å². The number of anilines is 1. The number of ether oxygens (including phenoxy) is 2. The fraction of sp³-hybridized carbons (Fsp3) is 0.0968. The van der Waals surface area contributed by atoms with Crippen LogP contribution in [0.15, 0.2) is 102 Å². The summed E-state index contributed by atoms with van der Waals surface area (Å²) in [5.41, 5.74) is 10.2. The molecular weight excluding hydrogens is 506 g/mol. The minimum absolute atomic E-state index is 0.00924. The zero-order valence-electron chi connectivity index (χ0n) is 21.8. The van der Waals surface area contributed by atoms with Gasteiger partial charge in [-0.3, -0.25) is 4.90 Å². The molecule has 1 atom stereocenters. The number of allylic oxidation sites excluding steroid dienone is 1. The van der Waals surface area contributed by atoms with Crippen LogP contribution in [0.3, 0.4) is 0 Å². The average molecular weight is 532 g/mol. The summed E-state index contributed by atoms with van der Waals surface area (Å²) in [5.74, 6) is -1.78. The summed E-state index contributed by atoms with van der Waals surface area (Å²) >= 11 is 0. The number of aromatic nitrogens is 2. The molecule has 1 aliphatic heterocycles. The summed E-state index contributed by atoms with van der Waals surface area (Å²) < 4.78 is 10.1. The van der Waals surface area contributed by atoms with Crippen molar-refractivity contribution in [2.45, 2.75) is 5.92 Å². The second-order valence-corrected chi connectivity index (χ2v) is 8.90. The molecule has 0 aliphatic carbocycles. The van der Waals surface area contributed by atoms with Crippen LogP contribution in [-0.2, 0) is 19.1 Å². The van der Waals surface area contributed by atoms with E-state index >= 15 is 0 Å². The summed E-state index contributed by atoms with van der Waals surface area (Å²) in [6.07, 6.45) is 3.75. The molecule has 0 saturated carbocycles. The molecule has 0 amide bonds. The van der Waals surface area contributed by atoms with Gasteiger partial charge in [-0.2, -0.15) is 5.26 Å². The van der Waals surface area contributed by atoms with Crippen molar-refractivity contribution in [1.29, 1.82) is 5.26 Å². The van der Waals surface area contributed by atoms with E-state index in [2.05, 4.69) is 16.0 Å². The lowest BCUT2D eigenvalue weighted by Gasteiger charge is -2.35. The van der Waals surface area contributed by atoms with Gasteiger partial charge in [0.05, 0.1) is 48.4 Å². The second-order valence-electron chi connectivity index (χ2n) is 8.90. The van der Waals surface area contributed by atoms with E-state index < -0.39 is 17.9 Å². The number of methoxy groups -OCH3 is 2. The summed E-state index contributed by atoms with van der Waals surface area (Å²) in [6.45, 7) is 0. The number of hydrogen-bond acceptors (Lipinski definition) is 8. The molecule has 0 spiro atoms. The van der Waals surface area contributed by atoms with Gasteiger partial charge < -0.3 is 20.2 Å². The van der Waals surface area contributed by atoms with Crippen LogP contribution in [0.1, 0.15) is 22.9 Å². The predicted molar refractivity (Wildman–Crippen MR) is 151 cm³/mol. The summed E-state index contributed by atoms with van der Waals surface area (Å²) in [5, 5.41) is 10.2. The van der Waals surface area contributed by atoms with Gasteiger partial charge in [-0.05, 0) is 41.5 Å². The van der Waals surface area contributed by atoms with Gasteiger partial charge in [-0.15, -0.1) is 0 Å². The number of fused-ring (bicyclic) bond motifs is 1. The first kappa shape index (κ1) is 26.0. The number of aromatic amines is 1. The van der Waals surface area contributed by atoms with Crippen molar-refractivity contribution < 1.29 is 19.1 Å². The van der Waals surface area contributed by atoms with Crippen molar-refractivity contribution in [3.8, 4) is 6.07 Å². The molecule has 3 aromatic carbocycles. The Hall–Kier alpha value is -5.62. The van der Waals surface area contributed by atoms with Crippen molar-refractivity contribution in [2.75, 3.05) is 19.1 Å². The zero-order valence-corrected chi connectivity index (χ0v) is 21.8. The van der Waals surface area contributed by atoms with E-state index in [-0.39, 0.29) is 22.7 Å². The Morgan fingerprint density at radius 2 is 1.62 bits per heavy atom. The SMILES string of the molecule is COC(=O)C1=C(C(=O)OC)N(c2ccc(C=Cc3nc4ccccc4[nH]3)cc2)C(N)=C(C#N)C1c1ccccc1. The van der Waals surface area contributed by atoms with Crippen molar-refractivity contribution >= 4 is 40.8 Å². The first-order valence-electron chi connectivity index (χ1n) is 12.3. The van der Waals surface area contributed by atoms with Crippen LogP contribution in [-0.4, -0.2) is 36.1 Å². The quantitative estimate of drug-likeness (QED) is 0.344. The molecule has 40 heavy (non-hydrogen) atoms. The van der Waals surface area contributed by atoms with Crippen molar-refractivity contribution in [3.05, 3.63) is 118 Å². The van der Waals surface area contributed by atoms with Crippen LogP contribution in [0.4, 0.5) is 5.69 Å². The number of carbonyl (C=O) groups excluding carboxylic acids is 2. The molecule has 0 saturated heterocycles. The average Bonchev–Trinajstić information content (AvgIpc) is 3.42. The molecule has 5 rings (SSSR count). The maximum atomic E-state index is 13.2. The van der Waals surface area contributed by atoms with Gasteiger partial charge in [0.15, 0.2) is 0 Å². The Morgan fingerprint density at radius 1 is 0.950 bits per heavy atom. The molecule has 2 heterocycles. The number of benzene rings is 3. The maximum Gasteiger partial charge on any atom is 0.355 e. The highest BCUT2D eigenvalue weighted by molar-refractivity contribution is 6.06. The van der Waals surface area contributed by atoms with Gasteiger partial charge in [0.25, 0.3) is 0 Å². The fourth-order valence-electron chi connectivity index (χ4n) is 4.74. The smallest absolute Gasteiger partial charge is 0.355 e. The third-order valence-corrected chi connectivity index (χ3v) is 6.60. The molecule has 1 aliphatic rings. The predicted octanol–water partition coefficient (Wildman–Crippen LogP) is 4.63. The minimum atomic E-state index is -0.921. The number of esters is 2. The first-order chi connectivity index (χ1) is 19.5. The molecule has 9 nitrogen and oxygen atoms in total. The molecule has 3 N–H and O–H groups in total. The van der Waals surface area contributed by atoms with E-state index in [1.165, 1.54) is 19.1 Å². The van der Waals surface area contributed by atoms with Crippen LogP contribution in [0.25, 0.3) is 23.2 Å². The lowest BCUT2D eigenvalue weighted by molar-refractivity contribution is -0.139. The molecule has 1 unspecified atom stereocenters. The highest BCUT2D eigenvalue weighted by Gasteiger charge is 2.42. The highest BCUT2D eigenvalue weighted by atomic mass is 16.5. The summed E-state index contributed by atoms with van der Waals surface area (Å²) in [6, 6.07) is 25.9. The Bertz CT molecular complexity index is 1690. The van der Waals surface area contributed by atoms with Gasteiger partial charge in [-0.1, -0.05) is 60.7 Å². The van der Waals surface area contributed by atoms with Gasteiger partial charge in [0.1, 0.15) is 17.3 Å². The second kappa shape index (κ2) is 11.0. The number of para-hydroxylation sites is 2. The molecule has 0 fully saturated rings. The highest BCUT2D eigenvalue weighted by Crippen LogP contribution is 2.43. The number of imidazole rings is 1. The van der Waals surface area contributed by atoms with E-state index in [0.717, 1.165) is 16.6 Å². The summed E-state index contributed by atoms with van der Waals surface area (Å²) in [4.78, 5) is 35.5. The van der Waals surface area contributed by atoms with Gasteiger partial charge >= 0.3 is 11.9 Å². The van der Waals surface area contributed by atoms with Gasteiger partial charge in [0, 0.05) is 5.69 Å². The first-order valence-corrected chi connectivity index (χ1v) is 12.3. The van der Waals surface area contributed by atoms with E-state index in [4.69, 9.17) is 15.2 Å². The standard InChI is InChI=1S/C31H25N5O4/c1-39-30(37)27-26(20-8-4-3-5-9-20)22(18-32)29(33)36(28(27)31(38)40-2)21-15-12-19(13-16-21)14-17-25-34-23-10-6-7-11-24(23)35-25/h3-17,26H,33H2,1-2H3,(H,34,35). The van der Waals surface area contributed by atoms with E-state index in [9.17, 15) is 14.9 Å². The van der Waals surface area contributed by atoms with Gasteiger partial charge in [0.2, 0.25) is 0 Å². The van der Waals surface area contributed by atoms with Crippen LogP contribution < -0.4 is 10.6 Å². The molecule has 9 heteroatoms. The summed E-state index contributed by atoms with van der Waals surface area (Å²) in [7, 11) is 2.43. The molecule has 198 valence electrons. The number of nitrogens with two attached hydrogens (primary N) is 1. The molecule has 1 aromatic heterocycles. The molecule has 0 radical (unpaired) electrons. The molecule has 4 aromatic rings. The van der Waals surface area contributed by atoms with Crippen LogP contribution >= 0.6 is 0 Å². The number of H-pyrrole nitrogens is 1. The van der Waals surface area contributed by atoms with E-state index in [0.29, 0.717) is 17.1 Å². The Labute approximate surface area is 230 Å². The largest absolute Gasteiger partial charge is 0.466 e. The fourth-order valence-corrected chi connectivity index (χ4v) is 4.74. The lowest BCUT2D eigenvalue weighted by Crippen LogP contribution is -2.40.